The van der Waals surface area contributed by atoms with E-state index in [2.05, 4.69) is 24.5 Å². The second-order valence-corrected chi connectivity index (χ2v) is 9.45. The predicted octanol–water partition coefficient (Wildman–Crippen LogP) is 3.17. The predicted molar refractivity (Wildman–Crippen MR) is 145 cm³/mol. The third kappa shape index (κ3) is 39.3. The summed E-state index contributed by atoms with van der Waals surface area (Å²) in [6.07, 6.45) is 22.5. The molecule has 0 atom stereocenters. The van der Waals surface area contributed by atoms with Gasteiger partial charge in [-0.1, -0.05) is 117 Å². The molecule has 37 heavy (non-hydrogen) atoms. The van der Waals surface area contributed by atoms with Gasteiger partial charge in [0.05, 0.1) is 25.0 Å². The Morgan fingerprint density at radius 3 is 0.946 bits per heavy atom. The van der Waals surface area contributed by atoms with E-state index in [4.69, 9.17) is 0 Å². The number of carboxylic acid groups (broad SMARTS) is 2. The molecule has 0 aromatic carbocycles. The molecular weight excluding hydrogens is 485 g/mol. The summed E-state index contributed by atoms with van der Waals surface area (Å²) in [6.45, 7) is 3.67. The second-order valence-electron chi connectivity index (χ2n) is 9.45. The maximum absolute atomic E-state index is 11.2. The van der Waals surface area contributed by atoms with Gasteiger partial charge in [-0.05, 0) is 12.8 Å². The monoisotopic (exact) mass is 536 g/mol. The van der Waals surface area contributed by atoms with Crippen molar-refractivity contribution in [3.8, 4) is 0 Å². The van der Waals surface area contributed by atoms with Gasteiger partial charge in [-0.2, -0.15) is 0 Å². The number of carbonyl (C=O) groups excluding carboxylic acids is 4. The van der Waals surface area contributed by atoms with Gasteiger partial charge in [0.1, 0.15) is 0 Å². The van der Waals surface area contributed by atoms with Gasteiger partial charge >= 0.3 is 23.1 Å². The van der Waals surface area contributed by atoms with Gasteiger partial charge in [0.25, 0.3) is 0 Å². The number of hydrogen-bond donors (Lipinski definition) is 2. The molecule has 0 bridgehead atoms. The molecule has 2 amide bonds. The van der Waals surface area contributed by atoms with Crippen LogP contribution < -0.4 is 20.8 Å². The minimum atomic E-state index is -1.24. The van der Waals surface area contributed by atoms with Crippen LogP contribution in [0.15, 0.2) is 0 Å². The smallest absolute Gasteiger partial charge is 0.548 e. The molecule has 0 rings (SSSR count). The van der Waals surface area contributed by atoms with Gasteiger partial charge in [-0.15, -0.1) is 0 Å². The molecule has 0 heterocycles. The molecule has 0 aromatic rings. The molecule has 0 spiro atoms. The maximum Gasteiger partial charge on any atom is 2.00 e. The van der Waals surface area contributed by atoms with Crippen LogP contribution in [0.3, 0.4) is 0 Å². The van der Waals surface area contributed by atoms with Crippen LogP contribution in [0.25, 0.3) is 0 Å². The summed E-state index contributed by atoms with van der Waals surface area (Å²) < 4.78 is 0. The van der Waals surface area contributed by atoms with E-state index in [1.807, 2.05) is 0 Å². The van der Waals surface area contributed by atoms with E-state index >= 15 is 0 Å². The molecule has 9 heteroatoms. The van der Waals surface area contributed by atoms with Gasteiger partial charge in [0.2, 0.25) is 11.8 Å². The van der Waals surface area contributed by atoms with Gasteiger partial charge in [0, 0.05) is 12.8 Å². The van der Waals surface area contributed by atoms with Crippen LogP contribution in [0.4, 0.5) is 0 Å². The van der Waals surface area contributed by atoms with Crippen molar-refractivity contribution in [2.24, 2.45) is 0 Å². The Labute approximate surface area is 241 Å². The molecular formula is C28H52MgN2O6. The Balaban J connectivity index is -0.000000608. The zero-order valence-corrected chi connectivity index (χ0v) is 25.1. The molecule has 0 aliphatic rings. The first kappa shape index (κ1) is 40.1. The van der Waals surface area contributed by atoms with Crippen LogP contribution >= 0.6 is 0 Å². The van der Waals surface area contributed by atoms with Crippen LogP contribution in [-0.4, -0.2) is 59.9 Å². The zero-order chi connectivity index (χ0) is 27.3. The van der Waals surface area contributed by atoms with Crippen molar-refractivity contribution in [1.29, 1.82) is 0 Å². The topological polar surface area (TPSA) is 138 Å². The standard InChI is InChI=1S/2C14H27NO3.Mg/c2*1-2-3-4-5-6-7-8-9-10-11-13(16)15-12-14(17)18;/h2*2-12H2,1H3,(H,15,16)(H,17,18);/q;;+2/p-2. The van der Waals surface area contributed by atoms with E-state index in [1.165, 1.54) is 89.9 Å². The minimum Gasteiger partial charge on any atom is -0.548 e. The van der Waals surface area contributed by atoms with E-state index in [1.54, 1.807) is 0 Å². The number of carboxylic acids is 2. The van der Waals surface area contributed by atoms with Crippen LogP contribution in [0.2, 0.25) is 0 Å². The number of aliphatic carboxylic acids is 2. The normalized spacial score (nSPS) is 10.0. The van der Waals surface area contributed by atoms with Gasteiger partial charge < -0.3 is 30.4 Å². The number of unbranched alkanes of at least 4 members (excludes halogenated alkanes) is 16. The first-order chi connectivity index (χ1) is 17.3. The third-order valence-electron chi connectivity index (χ3n) is 5.87. The molecule has 212 valence electrons. The SMILES string of the molecule is CCCCCCCCCCCC(=O)NCC(=O)[O-].CCCCCCCCCCCC(=O)NCC(=O)[O-].[Mg+2]. The first-order valence-corrected chi connectivity index (χ1v) is 14.3. The van der Waals surface area contributed by atoms with Crippen LogP contribution in [0, 0.1) is 0 Å². The van der Waals surface area contributed by atoms with Gasteiger partial charge in [-0.3, -0.25) is 9.59 Å². The molecule has 2 N–H and O–H groups in total. The number of amides is 2. The molecule has 0 aliphatic carbocycles. The van der Waals surface area contributed by atoms with Crippen molar-refractivity contribution in [1.82, 2.24) is 10.6 Å². The van der Waals surface area contributed by atoms with Crippen molar-refractivity contribution < 1.29 is 29.4 Å². The summed E-state index contributed by atoms with van der Waals surface area (Å²) in [7, 11) is 0. The molecule has 0 unspecified atom stereocenters. The van der Waals surface area contributed by atoms with Gasteiger partial charge in [0.15, 0.2) is 0 Å². The van der Waals surface area contributed by atoms with Crippen molar-refractivity contribution >= 4 is 46.8 Å². The summed E-state index contributed by atoms with van der Waals surface area (Å²) in [5.74, 6) is -2.87. The van der Waals surface area contributed by atoms with Gasteiger partial charge in [-0.25, -0.2) is 0 Å². The van der Waals surface area contributed by atoms with Crippen molar-refractivity contribution in [3.05, 3.63) is 0 Å². The Kier molecular flexibility index (Phi) is 35.5. The fraction of sp³-hybridized carbons (Fsp3) is 0.857. The molecule has 0 aliphatic heterocycles. The zero-order valence-electron chi connectivity index (χ0n) is 23.7. The molecule has 0 aromatic heterocycles. The molecule has 0 saturated heterocycles. The Morgan fingerprint density at radius 2 is 0.703 bits per heavy atom. The fourth-order valence-electron chi connectivity index (χ4n) is 3.71. The molecule has 8 nitrogen and oxygen atoms in total. The van der Waals surface area contributed by atoms with E-state index in [-0.39, 0.29) is 48.0 Å². The number of nitrogens with one attached hydrogen (secondary N) is 2. The Bertz CT molecular complexity index is 513. The van der Waals surface area contributed by atoms with Crippen LogP contribution in [-0.2, 0) is 19.2 Å². The largest absolute Gasteiger partial charge is 2.00 e. The molecule has 0 radical (unpaired) electrons. The molecule has 0 fully saturated rings. The summed E-state index contributed by atoms with van der Waals surface area (Å²) in [5, 5.41) is 24.8. The fourth-order valence-corrected chi connectivity index (χ4v) is 3.71. The van der Waals surface area contributed by atoms with Crippen molar-refractivity contribution in [2.45, 2.75) is 142 Å². The number of carbonyl (C=O) groups is 4. The van der Waals surface area contributed by atoms with Crippen LogP contribution in [0.5, 0.6) is 0 Å². The van der Waals surface area contributed by atoms with Crippen molar-refractivity contribution in [2.75, 3.05) is 13.1 Å². The van der Waals surface area contributed by atoms with Crippen LogP contribution in [0.1, 0.15) is 142 Å². The van der Waals surface area contributed by atoms with E-state index in [0.29, 0.717) is 12.8 Å². The quantitative estimate of drug-likeness (QED) is 0.143. The number of hydrogen-bond acceptors (Lipinski definition) is 6. The van der Waals surface area contributed by atoms with Crippen molar-refractivity contribution in [3.63, 3.8) is 0 Å². The van der Waals surface area contributed by atoms with E-state index in [9.17, 15) is 29.4 Å². The molecule has 0 saturated carbocycles. The average Bonchev–Trinajstić information content (AvgIpc) is 2.84. The van der Waals surface area contributed by atoms with E-state index < -0.39 is 11.9 Å². The Morgan fingerprint density at radius 1 is 0.459 bits per heavy atom. The summed E-state index contributed by atoms with van der Waals surface area (Å²) in [5.41, 5.74) is 0. The summed E-state index contributed by atoms with van der Waals surface area (Å²) in [6, 6.07) is 0. The average molecular weight is 537 g/mol. The minimum absolute atomic E-state index is 0. The third-order valence-corrected chi connectivity index (χ3v) is 5.87. The second kappa shape index (κ2) is 32.7. The summed E-state index contributed by atoms with van der Waals surface area (Å²) in [4.78, 5) is 42.5. The first-order valence-electron chi connectivity index (χ1n) is 14.3. The maximum atomic E-state index is 11.2. The Hall–Kier alpha value is -1.35. The van der Waals surface area contributed by atoms with E-state index in [0.717, 1.165) is 25.7 Å². The summed E-state index contributed by atoms with van der Waals surface area (Å²) >= 11 is 0. The number of rotatable bonds is 24.